The summed E-state index contributed by atoms with van der Waals surface area (Å²) in [6.45, 7) is 1.17. The lowest BCUT2D eigenvalue weighted by Gasteiger charge is -2.32. The van der Waals surface area contributed by atoms with Crippen LogP contribution in [0.25, 0.3) is 0 Å². The number of nitrogens with zero attached hydrogens (tertiary/aromatic N) is 2. The van der Waals surface area contributed by atoms with Gasteiger partial charge in [-0.1, -0.05) is 12.8 Å². The van der Waals surface area contributed by atoms with Crippen molar-refractivity contribution in [2.24, 2.45) is 5.92 Å². The molecule has 2 heterocycles. The second-order valence-electron chi connectivity index (χ2n) is 5.25. The van der Waals surface area contributed by atoms with E-state index >= 15 is 0 Å². The second kappa shape index (κ2) is 4.85. The van der Waals surface area contributed by atoms with Crippen molar-refractivity contribution in [1.82, 2.24) is 4.98 Å². The Morgan fingerprint density at radius 3 is 3.06 bits per heavy atom. The van der Waals surface area contributed by atoms with E-state index in [0.29, 0.717) is 5.88 Å². The third kappa shape index (κ3) is 2.15. The van der Waals surface area contributed by atoms with Gasteiger partial charge in [0.1, 0.15) is 5.82 Å². The Morgan fingerprint density at radius 1 is 1.29 bits per heavy atom. The van der Waals surface area contributed by atoms with Gasteiger partial charge in [0.2, 0.25) is 0 Å². The Bertz CT molecular complexity index is 394. The first-order chi connectivity index (χ1) is 8.38. The van der Waals surface area contributed by atoms with E-state index in [0.717, 1.165) is 17.8 Å². The number of pyridine rings is 1. The lowest BCUT2D eigenvalue weighted by molar-refractivity contribution is 0.341. The zero-order chi connectivity index (χ0) is 11.7. The lowest BCUT2D eigenvalue weighted by atomic mass is 9.85. The number of hydrogen-bond donors (Lipinski definition) is 0. The first-order valence-electron chi connectivity index (χ1n) is 6.66. The van der Waals surface area contributed by atoms with Gasteiger partial charge in [-0.15, -0.1) is 11.6 Å². The third-order valence-electron chi connectivity index (χ3n) is 4.27. The highest BCUT2D eigenvalue weighted by Gasteiger charge is 2.36. The fourth-order valence-corrected chi connectivity index (χ4v) is 3.56. The monoisotopic (exact) mass is 250 g/mol. The highest BCUT2D eigenvalue weighted by molar-refractivity contribution is 6.17. The standard InChI is InChI=1S/C14H19ClN2/c15-10-11-5-7-16-14(9-11)17-8-6-12-3-1-2-4-13(12)17/h5,7,9,12-13H,1-4,6,8,10H2. The average Bonchev–Trinajstić information content (AvgIpc) is 2.82. The van der Waals surface area contributed by atoms with Crippen molar-refractivity contribution in [3.05, 3.63) is 23.9 Å². The maximum atomic E-state index is 5.90. The Labute approximate surface area is 108 Å². The summed E-state index contributed by atoms with van der Waals surface area (Å²) >= 11 is 5.90. The van der Waals surface area contributed by atoms with E-state index in [9.17, 15) is 0 Å². The highest BCUT2D eigenvalue weighted by atomic mass is 35.5. The molecule has 1 aliphatic heterocycles. The van der Waals surface area contributed by atoms with E-state index < -0.39 is 0 Å². The minimum atomic E-state index is 0.581. The van der Waals surface area contributed by atoms with Gasteiger partial charge in [-0.25, -0.2) is 4.98 Å². The van der Waals surface area contributed by atoms with Crippen LogP contribution in [0.2, 0.25) is 0 Å². The molecule has 1 aromatic heterocycles. The van der Waals surface area contributed by atoms with Crippen LogP contribution in [0.4, 0.5) is 5.82 Å². The molecule has 0 aromatic carbocycles. The van der Waals surface area contributed by atoms with E-state index in [1.54, 1.807) is 0 Å². The minimum Gasteiger partial charge on any atom is -0.353 e. The quantitative estimate of drug-likeness (QED) is 0.746. The van der Waals surface area contributed by atoms with E-state index in [1.807, 2.05) is 12.3 Å². The van der Waals surface area contributed by atoms with Crippen LogP contribution in [-0.2, 0) is 5.88 Å². The molecule has 0 radical (unpaired) electrons. The van der Waals surface area contributed by atoms with Crippen LogP contribution >= 0.6 is 11.6 Å². The lowest BCUT2D eigenvalue weighted by Crippen LogP contribution is -2.35. The average molecular weight is 251 g/mol. The van der Waals surface area contributed by atoms with Crippen LogP contribution in [0.3, 0.4) is 0 Å². The molecular formula is C14H19ClN2. The molecule has 1 aromatic rings. The Balaban J connectivity index is 1.83. The predicted molar refractivity (Wildman–Crippen MR) is 71.5 cm³/mol. The third-order valence-corrected chi connectivity index (χ3v) is 4.58. The van der Waals surface area contributed by atoms with Crippen LogP contribution in [0.5, 0.6) is 0 Å². The Kier molecular flexibility index (Phi) is 3.24. The molecule has 1 saturated heterocycles. The summed E-state index contributed by atoms with van der Waals surface area (Å²) in [5.74, 6) is 2.63. The van der Waals surface area contributed by atoms with Crippen LogP contribution in [0.15, 0.2) is 18.3 Å². The topological polar surface area (TPSA) is 16.1 Å². The first-order valence-corrected chi connectivity index (χ1v) is 7.19. The number of aromatic nitrogens is 1. The van der Waals surface area contributed by atoms with Crippen LogP contribution < -0.4 is 4.90 Å². The number of anilines is 1. The number of rotatable bonds is 2. The molecule has 2 nitrogen and oxygen atoms in total. The van der Waals surface area contributed by atoms with Crippen molar-refractivity contribution < 1.29 is 0 Å². The summed E-state index contributed by atoms with van der Waals surface area (Å²) in [5.41, 5.74) is 1.18. The summed E-state index contributed by atoms with van der Waals surface area (Å²) in [6.07, 6.45) is 8.80. The number of alkyl halides is 1. The zero-order valence-corrected chi connectivity index (χ0v) is 10.9. The van der Waals surface area contributed by atoms with Gasteiger partial charge in [-0.05, 0) is 42.9 Å². The molecule has 2 unspecified atom stereocenters. The van der Waals surface area contributed by atoms with Crippen molar-refractivity contribution in [2.45, 2.75) is 44.0 Å². The smallest absolute Gasteiger partial charge is 0.129 e. The van der Waals surface area contributed by atoms with Gasteiger partial charge < -0.3 is 4.90 Å². The number of fused-ring (bicyclic) bond motifs is 1. The minimum absolute atomic E-state index is 0.581. The molecule has 17 heavy (non-hydrogen) atoms. The SMILES string of the molecule is ClCc1ccnc(N2CCC3CCCCC32)c1. The molecular weight excluding hydrogens is 232 g/mol. The van der Waals surface area contributed by atoms with E-state index in [2.05, 4.69) is 16.0 Å². The summed E-state index contributed by atoms with van der Waals surface area (Å²) in [6, 6.07) is 4.90. The van der Waals surface area contributed by atoms with Gasteiger partial charge in [-0.3, -0.25) is 0 Å². The molecule has 1 saturated carbocycles. The normalized spacial score (nSPS) is 28.2. The van der Waals surface area contributed by atoms with E-state index in [1.165, 1.54) is 44.2 Å². The van der Waals surface area contributed by atoms with Gasteiger partial charge in [0, 0.05) is 24.7 Å². The van der Waals surface area contributed by atoms with Gasteiger partial charge in [-0.2, -0.15) is 0 Å². The second-order valence-corrected chi connectivity index (χ2v) is 5.52. The van der Waals surface area contributed by atoms with Crippen molar-refractivity contribution in [1.29, 1.82) is 0 Å². The summed E-state index contributed by atoms with van der Waals surface area (Å²) in [5, 5.41) is 0. The maximum Gasteiger partial charge on any atom is 0.129 e. The molecule has 2 aliphatic rings. The van der Waals surface area contributed by atoms with Gasteiger partial charge in [0.15, 0.2) is 0 Å². The Morgan fingerprint density at radius 2 is 2.18 bits per heavy atom. The van der Waals surface area contributed by atoms with Crippen molar-refractivity contribution in [2.75, 3.05) is 11.4 Å². The molecule has 0 spiro atoms. The van der Waals surface area contributed by atoms with E-state index in [4.69, 9.17) is 11.6 Å². The van der Waals surface area contributed by atoms with Crippen molar-refractivity contribution >= 4 is 17.4 Å². The molecule has 0 N–H and O–H groups in total. The molecule has 2 fully saturated rings. The molecule has 1 aliphatic carbocycles. The molecule has 0 amide bonds. The molecule has 0 bridgehead atoms. The van der Waals surface area contributed by atoms with Gasteiger partial charge in [0.25, 0.3) is 0 Å². The Hall–Kier alpha value is -0.760. The van der Waals surface area contributed by atoms with Crippen LogP contribution in [-0.4, -0.2) is 17.6 Å². The first kappa shape index (κ1) is 11.3. The largest absolute Gasteiger partial charge is 0.353 e. The molecule has 3 heteroatoms. The summed E-state index contributed by atoms with van der Waals surface area (Å²) in [7, 11) is 0. The molecule has 3 rings (SSSR count). The van der Waals surface area contributed by atoms with Gasteiger partial charge in [0.05, 0.1) is 0 Å². The summed E-state index contributed by atoms with van der Waals surface area (Å²) in [4.78, 5) is 7.04. The predicted octanol–water partition coefficient (Wildman–Crippen LogP) is 3.59. The zero-order valence-electron chi connectivity index (χ0n) is 10.1. The molecule has 2 atom stereocenters. The highest BCUT2D eigenvalue weighted by Crippen LogP contribution is 2.38. The molecule has 92 valence electrons. The van der Waals surface area contributed by atoms with Gasteiger partial charge >= 0.3 is 0 Å². The maximum absolute atomic E-state index is 5.90. The number of hydrogen-bond acceptors (Lipinski definition) is 2. The fraction of sp³-hybridized carbons (Fsp3) is 0.643. The number of halogens is 1. The van der Waals surface area contributed by atoms with Crippen molar-refractivity contribution in [3.63, 3.8) is 0 Å². The van der Waals surface area contributed by atoms with Crippen LogP contribution in [0, 0.1) is 5.92 Å². The fourth-order valence-electron chi connectivity index (χ4n) is 3.39. The van der Waals surface area contributed by atoms with E-state index in [-0.39, 0.29) is 0 Å². The van der Waals surface area contributed by atoms with Crippen LogP contribution in [0.1, 0.15) is 37.7 Å². The summed E-state index contributed by atoms with van der Waals surface area (Å²) < 4.78 is 0. The van der Waals surface area contributed by atoms with Crippen molar-refractivity contribution in [3.8, 4) is 0 Å².